The first-order valence-corrected chi connectivity index (χ1v) is 8.45. The smallest absolute Gasteiger partial charge is 0.248 e. The number of hydrogen-bond acceptors (Lipinski definition) is 2. The number of primary amides is 1. The molecule has 3 aromatic rings. The SMILES string of the molecule is C[C@H](c1ccc(Br)cc1)c1cc(-c2ccc(C(N)=O)cc2)ccn1. The van der Waals surface area contributed by atoms with Gasteiger partial charge >= 0.3 is 0 Å². The van der Waals surface area contributed by atoms with Gasteiger partial charge in [0.15, 0.2) is 0 Å². The lowest BCUT2D eigenvalue weighted by molar-refractivity contribution is 0.100. The predicted molar refractivity (Wildman–Crippen MR) is 99.8 cm³/mol. The van der Waals surface area contributed by atoms with E-state index in [1.807, 2.05) is 36.5 Å². The quantitative estimate of drug-likeness (QED) is 0.708. The third-order valence-corrected chi connectivity index (χ3v) is 4.63. The van der Waals surface area contributed by atoms with E-state index < -0.39 is 5.91 Å². The highest BCUT2D eigenvalue weighted by Crippen LogP contribution is 2.27. The number of hydrogen-bond donors (Lipinski definition) is 1. The van der Waals surface area contributed by atoms with Crippen LogP contribution < -0.4 is 5.73 Å². The number of halogens is 1. The monoisotopic (exact) mass is 380 g/mol. The van der Waals surface area contributed by atoms with E-state index in [0.29, 0.717) is 5.56 Å². The molecule has 0 bridgehead atoms. The van der Waals surface area contributed by atoms with Crippen LogP contribution in [0.1, 0.15) is 34.5 Å². The Morgan fingerprint density at radius 1 is 1.00 bits per heavy atom. The van der Waals surface area contributed by atoms with Gasteiger partial charge < -0.3 is 5.73 Å². The van der Waals surface area contributed by atoms with Gasteiger partial charge in [-0.15, -0.1) is 0 Å². The van der Waals surface area contributed by atoms with Crippen LogP contribution in [0.25, 0.3) is 11.1 Å². The van der Waals surface area contributed by atoms with Crippen LogP contribution in [-0.4, -0.2) is 10.9 Å². The van der Waals surface area contributed by atoms with E-state index in [9.17, 15) is 4.79 Å². The van der Waals surface area contributed by atoms with Gasteiger partial charge in [0, 0.05) is 27.8 Å². The van der Waals surface area contributed by atoms with Crippen LogP contribution in [0, 0.1) is 0 Å². The highest BCUT2D eigenvalue weighted by molar-refractivity contribution is 9.10. The molecule has 3 rings (SSSR count). The molecule has 120 valence electrons. The first-order chi connectivity index (χ1) is 11.5. The van der Waals surface area contributed by atoms with Gasteiger partial charge in [0.25, 0.3) is 0 Å². The zero-order valence-corrected chi connectivity index (χ0v) is 14.8. The Labute approximate surface area is 149 Å². The molecule has 0 fully saturated rings. The van der Waals surface area contributed by atoms with Crippen LogP contribution in [0.5, 0.6) is 0 Å². The number of aromatic nitrogens is 1. The molecule has 0 aliphatic carbocycles. The van der Waals surface area contributed by atoms with Gasteiger partial charge in [-0.2, -0.15) is 0 Å². The summed E-state index contributed by atoms with van der Waals surface area (Å²) in [5.74, 6) is -0.219. The Bertz CT molecular complexity index is 858. The second-order valence-corrected chi connectivity index (χ2v) is 6.60. The number of nitrogens with zero attached hydrogens (tertiary/aromatic N) is 1. The molecule has 0 aliphatic rings. The molecule has 3 nitrogen and oxygen atoms in total. The van der Waals surface area contributed by atoms with Crippen molar-refractivity contribution in [2.75, 3.05) is 0 Å². The summed E-state index contributed by atoms with van der Waals surface area (Å²) in [5.41, 5.74) is 10.1. The molecule has 1 heterocycles. The molecule has 0 aliphatic heterocycles. The van der Waals surface area contributed by atoms with Crippen molar-refractivity contribution in [1.82, 2.24) is 4.98 Å². The minimum atomic E-state index is -0.416. The van der Waals surface area contributed by atoms with Crippen LogP contribution in [0.3, 0.4) is 0 Å². The molecule has 2 aromatic carbocycles. The second-order valence-electron chi connectivity index (χ2n) is 5.68. The maximum atomic E-state index is 11.2. The zero-order valence-electron chi connectivity index (χ0n) is 13.2. The lowest BCUT2D eigenvalue weighted by Crippen LogP contribution is -2.10. The summed E-state index contributed by atoms with van der Waals surface area (Å²) in [4.78, 5) is 15.7. The van der Waals surface area contributed by atoms with Gasteiger partial charge in [-0.05, 0) is 53.1 Å². The second kappa shape index (κ2) is 6.97. The van der Waals surface area contributed by atoms with E-state index in [1.54, 1.807) is 12.1 Å². The summed E-state index contributed by atoms with van der Waals surface area (Å²) in [6, 6.07) is 19.6. The van der Waals surface area contributed by atoms with E-state index in [2.05, 4.69) is 46.0 Å². The van der Waals surface area contributed by atoms with Crippen molar-refractivity contribution in [3.63, 3.8) is 0 Å². The standard InChI is InChI=1S/C20H17BrN2O/c1-13(14-6-8-18(21)9-7-14)19-12-17(10-11-23-19)15-2-4-16(5-3-15)20(22)24/h2-13H,1H3,(H2,22,24)/t13-/m1/s1. The van der Waals surface area contributed by atoms with E-state index in [0.717, 1.165) is 21.3 Å². The van der Waals surface area contributed by atoms with Gasteiger partial charge in [0.05, 0.1) is 0 Å². The zero-order chi connectivity index (χ0) is 17.1. The third kappa shape index (κ3) is 3.54. The van der Waals surface area contributed by atoms with Gasteiger partial charge in [-0.3, -0.25) is 9.78 Å². The molecule has 4 heteroatoms. The largest absolute Gasteiger partial charge is 0.366 e. The van der Waals surface area contributed by atoms with Crippen molar-refractivity contribution in [3.8, 4) is 11.1 Å². The minimum absolute atomic E-state index is 0.197. The predicted octanol–water partition coefficient (Wildman–Crippen LogP) is 4.76. The molecule has 2 N–H and O–H groups in total. The summed E-state index contributed by atoms with van der Waals surface area (Å²) in [6.45, 7) is 2.14. The number of carbonyl (C=O) groups is 1. The van der Waals surface area contributed by atoms with Crippen LogP contribution >= 0.6 is 15.9 Å². The highest BCUT2D eigenvalue weighted by atomic mass is 79.9. The van der Waals surface area contributed by atoms with Crippen molar-refractivity contribution in [3.05, 3.63) is 88.2 Å². The van der Waals surface area contributed by atoms with Gasteiger partial charge in [0.2, 0.25) is 5.91 Å². The summed E-state index contributed by atoms with van der Waals surface area (Å²) in [7, 11) is 0. The number of pyridine rings is 1. The lowest BCUT2D eigenvalue weighted by Gasteiger charge is -2.13. The molecule has 0 saturated carbocycles. The van der Waals surface area contributed by atoms with E-state index in [-0.39, 0.29) is 5.92 Å². The van der Waals surface area contributed by atoms with Crippen molar-refractivity contribution < 1.29 is 4.79 Å². The Morgan fingerprint density at radius 3 is 2.29 bits per heavy atom. The highest BCUT2D eigenvalue weighted by Gasteiger charge is 2.11. The molecular formula is C20H17BrN2O. The fraction of sp³-hybridized carbons (Fsp3) is 0.100. The van der Waals surface area contributed by atoms with Crippen LogP contribution in [0.4, 0.5) is 0 Å². The number of carbonyl (C=O) groups excluding carboxylic acids is 1. The molecular weight excluding hydrogens is 364 g/mol. The molecule has 24 heavy (non-hydrogen) atoms. The Morgan fingerprint density at radius 2 is 1.67 bits per heavy atom. The maximum absolute atomic E-state index is 11.2. The van der Waals surface area contributed by atoms with Gasteiger partial charge in [0.1, 0.15) is 0 Å². The average molecular weight is 381 g/mol. The minimum Gasteiger partial charge on any atom is -0.366 e. The average Bonchev–Trinajstić information content (AvgIpc) is 2.62. The molecule has 1 aromatic heterocycles. The molecule has 0 radical (unpaired) electrons. The first kappa shape index (κ1) is 16.4. The number of nitrogens with two attached hydrogens (primary N) is 1. The van der Waals surface area contributed by atoms with Gasteiger partial charge in [-0.25, -0.2) is 0 Å². The normalized spacial score (nSPS) is 11.9. The number of amides is 1. The Hall–Kier alpha value is -2.46. The van der Waals surface area contributed by atoms with Gasteiger partial charge in [-0.1, -0.05) is 47.1 Å². The van der Waals surface area contributed by atoms with Crippen LogP contribution in [-0.2, 0) is 0 Å². The summed E-state index contributed by atoms with van der Waals surface area (Å²) >= 11 is 3.46. The van der Waals surface area contributed by atoms with E-state index >= 15 is 0 Å². The summed E-state index contributed by atoms with van der Waals surface area (Å²) in [5, 5.41) is 0. The van der Waals surface area contributed by atoms with E-state index in [1.165, 1.54) is 5.56 Å². The molecule has 0 spiro atoms. The topological polar surface area (TPSA) is 56.0 Å². The Balaban J connectivity index is 1.91. The van der Waals surface area contributed by atoms with Crippen molar-refractivity contribution in [1.29, 1.82) is 0 Å². The molecule has 0 saturated heterocycles. The van der Waals surface area contributed by atoms with Crippen molar-refractivity contribution in [2.45, 2.75) is 12.8 Å². The van der Waals surface area contributed by atoms with E-state index in [4.69, 9.17) is 5.73 Å². The Kier molecular flexibility index (Phi) is 4.76. The first-order valence-electron chi connectivity index (χ1n) is 7.66. The fourth-order valence-electron chi connectivity index (χ4n) is 2.61. The number of rotatable bonds is 4. The van der Waals surface area contributed by atoms with Crippen molar-refractivity contribution >= 4 is 21.8 Å². The summed E-state index contributed by atoms with van der Waals surface area (Å²) in [6.07, 6.45) is 1.82. The molecule has 1 atom stereocenters. The molecule has 1 amide bonds. The number of benzene rings is 2. The lowest BCUT2D eigenvalue weighted by atomic mass is 9.95. The maximum Gasteiger partial charge on any atom is 0.248 e. The third-order valence-electron chi connectivity index (χ3n) is 4.10. The molecule has 0 unspecified atom stereocenters. The summed E-state index contributed by atoms with van der Waals surface area (Å²) < 4.78 is 1.06. The van der Waals surface area contributed by atoms with Crippen molar-refractivity contribution in [2.24, 2.45) is 5.73 Å². The van der Waals surface area contributed by atoms with Crippen LogP contribution in [0.2, 0.25) is 0 Å². The van der Waals surface area contributed by atoms with Crippen LogP contribution in [0.15, 0.2) is 71.3 Å². The fourth-order valence-corrected chi connectivity index (χ4v) is 2.88.